The van der Waals surface area contributed by atoms with Crippen molar-refractivity contribution in [3.63, 3.8) is 0 Å². The van der Waals surface area contributed by atoms with Crippen molar-refractivity contribution in [1.29, 1.82) is 0 Å². The molecular weight excluding hydrogens is 255 g/mol. The van der Waals surface area contributed by atoms with Gasteiger partial charge in [0.05, 0.1) is 5.92 Å². The molecule has 2 atom stereocenters. The number of rotatable bonds is 4. The molecule has 1 aromatic carbocycles. The van der Waals surface area contributed by atoms with Crippen LogP contribution in [0.2, 0.25) is 0 Å². The molecule has 2 N–H and O–H groups in total. The van der Waals surface area contributed by atoms with E-state index in [-0.39, 0.29) is 23.7 Å². The summed E-state index contributed by atoms with van der Waals surface area (Å²) in [5.74, 6) is -0.0614. The highest BCUT2D eigenvalue weighted by Crippen LogP contribution is 2.33. The summed E-state index contributed by atoms with van der Waals surface area (Å²) in [6.07, 6.45) is 5.06. The largest absolute Gasteiger partial charge is 0.335 e. The van der Waals surface area contributed by atoms with Crippen LogP contribution >= 0.6 is 0 Å². The van der Waals surface area contributed by atoms with Crippen molar-refractivity contribution in [3.8, 4) is 0 Å². The summed E-state index contributed by atoms with van der Waals surface area (Å²) in [5.41, 5.74) is 7.04. The van der Waals surface area contributed by atoms with Crippen molar-refractivity contribution in [1.82, 2.24) is 4.90 Å². The summed E-state index contributed by atoms with van der Waals surface area (Å²) in [4.78, 5) is 14.6. The Hall–Kier alpha value is -1.42. The highest BCUT2D eigenvalue weighted by atomic mass is 19.1. The topological polar surface area (TPSA) is 46.3 Å². The number of nitrogens with two attached hydrogens (primary N) is 1. The van der Waals surface area contributed by atoms with Gasteiger partial charge in [0.1, 0.15) is 5.82 Å². The van der Waals surface area contributed by atoms with E-state index in [0.29, 0.717) is 12.6 Å². The number of hydrogen-bond donors (Lipinski definition) is 1. The fourth-order valence-electron chi connectivity index (χ4n) is 3.07. The van der Waals surface area contributed by atoms with Gasteiger partial charge in [-0.3, -0.25) is 4.79 Å². The van der Waals surface area contributed by atoms with E-state index in [1.807, 2.05) is 4.90 Å². The molecule has 3 nitrogen and oxygen atoms in total. The van der Waals surface area contributed by atoms with Crippen LogP contribution in [0.5, 0.6) is 0 Å². The average Bonchev–Trinajstić information content (AvgIpc) is 3.19. The molecule has 0 spiro atoms. The number of carbonyl (C=O) groups excluding carboxylic acids is 1. The summed E-state index contributed by atoms with van der Waals surface area (Å²) < 4.78 is 13.0. The maximum absolute atomic E-state index is 13.0. The lowest BCUT2D eigenvalue weighted by atomic mass is 10.0. The van der Waals surface area contributed by atoms with E-state index in [2.05, 4.69) is 0 Å². The number of hydrogen-bond acceptors (Lipinski definition) is 2. The highest BCUT2D eigenvalue weighted by molar-refractivity contribution is 5.80. The lowest BCUT2D eigenvalue weighted by Crippen LogP contribution is -2.42. The molecule has 0 radical (unpaired) electrons. The van der Waals surface area contributed by atoms with Crippen LogP contribution in [-0.4, -0.2) is 22.9 Å². The van der Waals surface area contributed by atoms with Gasteiger partial charge in [-0.15, -0.1) is 0 Å². The molecule has 0 aromatic heterocycles. The van der Waals surface area contributed by atoms with Gasteiger partial charge >= 0.3 is 0 Å². The fourth-order valence-corrected chi connectivity index (χ4v) is 3.07. The van der Waals surface area contributed by atoms with E-state index in [4.69, 9.17) is 5.73 Å². The lowest BCUT2D eigenvalue weighted by molar-refractivity contribution is -0.137. The van der Waals surface area contributed by atoms with Crippen LogP contribution < -0.4 is 5.73 Å². The Kier molecular flexibility index (Phi) is 3.74. The average molecular weight is 276 g/mol. The van der Waals surface area contributed by atoms with Gasteiger partial charge in [-0.2, -0.15) is 0 Å². The lowest BCUT2D eigenvalue weighted by Gasteiger charge is -2.27. The molecule has 20 heavy (non-hydrogen) atoms. The summed E-state index contributed by atoms with van der Waals surface area (Å²) in [5, 5.41) is 0. The molecule has 2 aliphatic carbocycles. The van der Waals surface area contributed by atoms with Gasteiger partial charge in [-0.25, -0.2) is 4.39 Å². The van der Waals surface area contributed by atoms with E-state index in [0.717, 1.165) is 37.7 Å². The van der Waals surface area contributed by atoms with Gasteiger partial charge < -0.3 is 10.6 Å². The highest BCUT2D eigenvalue weighted by Gasteiger charge is 2.39. The van der Waals surface area contributed by atoms with Crippen LogP contribution in [0.15, 0.2) is 24.3 Å². The third-order valence-electron chi connectivity index (χ3n) is 4.42. The number of amides is 1. The minimum absolute atomic E-state index is 0.0111. The normalized spacial score (nSPS) is 25.7. The molecule has 2 fully saturated rings. The molecule has 4 heteroatoms. The van der Waals surface area contributed by atoms with E-state index < -0.39 is 0 Å². The van der Waals surface area contributed by atoms with Crippen molar-refractivity contribution in [2.75, 3.05) is 0 Å². The number of carbonyl (C=O) groups is 1. The number of nitrogens with zero attached hydrogens (tertiary/aromatic N) is 1. The molecule has 2 unspecified atom stereocenters. The zero-order chi connectivity index (χ0) is 14.1. The Morgan fingerprint density at radius 1 is 1.20 bits per heavy atom. The van der Waals surface area contributed by atoms with Gasteiger partial charge in [0.15, 0.2) is 0 Å². The van der Waals surface area contributed by atoms with Crippen LogP contribution in [-0.2, 0) is 11.3 Å². The van der Waals surface area contributed by atoms with Crippen molar-refractivity contribution < 1.29 is 9.18 Å². The zero-order valence-electron chi connectivity index (χ0n) is 11.6. The SMILES string of the molecule is NC1CCCC1C(=O)N(Cc1ccc(F)cc1)C1CC1. The van der Waals surface area contributed by atoms with E-state index in [1.54, 1.807) is 12.1 Å². The van der Waals surface area contributed by atoms with E-state index in [1.165, 1.54) is 12.1 Å². The van der Waals surface area contributed by atoms with Crippen LogP contribution in [0, 0.1) is 11.7 Å². The molecule has 2 aliphatic rings. The third-order valence-corrected chi connectivity index (χ3v) is 4.42. The van der Waals surface area contributed by atoms with Gasteiger partial charge in [0.2, 0.25) is 5.91 Å². The third kappa shape index (κ3) is 2.85. The van der Waals surface area contributed by atoms with Crippen LogP contribution in [0.3, 0.4) is 0 Å². The molecule has 2 saturated carbocycles. The van der Waals surface area contributed by atoms with Gasteiger partial charge in [0.25, 0.3) is 0 Å². The summed E-state index contributed by atoms with van der Waals surface area (Å²) in [6, 6.07) is 6.79. The first kappa shape index (κ1) is 13.6. The first-order chi connectivity index (χ1) is 9.65. The first-order valence-corrected chi connectivity index (χ1v) is 7.45. The van der Waals surface area contributed by atoms with Crippen molar-refractivity contribution in [3.05, 3.63) is 35.6 Å². The standard InChI is InChI=1S/C16H21FN2O/c17-12-6-4-11(5-7-12)10-19(13-8-9-13)16(20)14-2-1-3-15(14)18/h4-7,13-15H,1-3,8-10,18H2. The van der Waals surface area contributed by atoms with Crippen LogP contribution in [0.25, 0.3) is 0 Å². The number of halogens is 1. The summed E-state index contributed by atoms with van der Waals surface area (Å²) >= 11 is 0. The second-order valence-electron chi connectivity index (χ2n) is 6.03. The molecule has 0 bridgehead atoms. The fraction of sp³-hybridized carbons (Fsp3) is 0.562. The van der Waals surface area contributed by atoms with Crippen LogP contribution in [0.4, 0.5) is 4.39 Å². The maximum Gasteiger partial charge on any atom is 0.227 e. The molecule has 0 heterocycles. The first-order valence-electron chi connectivity index (χ1n) is 7.45. The summed E-state index contributed by atoms with van der Waals surface area (Å²) in [7, 11) is 0. The van der Waals surface area contributed by atoms with Crippen LogP contribution in [0.1, 0.15) is 37.7 Å². The molecule has 0 aliphatic heterocycles. The molecule has 108 valence electrons. The summed E-state index contributed by atoms with van der Waals surface area (Å²) in [6.45, 7) is 0.576. The number of benzene rings is 1. The van der Waals surface area contributed by atoms with Crippen molar-refractivity contribution in [2.45, 2.75) is 50.7 Å². The molecule has 3 rings (SSSR count). The van der Waals surface area contributed by atoms with E-state index >= 15 is 0 Å². The van der Waals surface area contributed by atoms with E-state index in [9.17, 15) is 9.18 Å². The van der Waals surface area contributed by atoms with Crippen molar-refractivity contribution in [2.24, 2.45) is 11.7 Å². The Morgan fingerprint density at radius 2 is 1.90 bits per heavy atom. The Labute approximate surface area is 118 Å². The van der Waals surface area contributed by atoms with Gasteiger partial charge in [0, 0.05) is 18.6 Å². The van der Waals surface area contributed by atoms with Crippen molar-refractivity contribution >= 4 is 5.91 Å². The predicted molar refractivity (Wildman–Crippen MR) is 75.3 cm³/mol. The minimum atomic E-state index is -0.240. The molecule has 0 saturated heterocycles. The monoisotopic (exact) mass is 276 g/mol. The Morgan fingerprint density at radius 3 is 2.45 bits per heavy atom. The maximum atomic E-state index is 13.0. The van der Waals surface area contributed by atoms with Gasteiger partial charge in [-0.05, 0) is 43.4 Å². The second-order valence-corrected chi connectivity index (χ2v) is 6.03. The quantitative estimate of drug-likeness (QED) is 0.918. The van der Waals surface area contributed by atoms with Gasteiger partial charge in [-0.1, -0.05) is 18.6 Å². The second kappa shape index (κ2) is 5.52. The molecule has 1 aromatic rings. The minimum Gasteiger partial charge on any atom is -0.335 e. The molecular formula is C16H21FN2O. The predicted octanol–water partition coefficient (Wildman–Crippen LogP) is 2.44. The smallest absolute Gasteiger partial charge is 0.227 e. The Bertz CT molecular complexity index is 484. The molecule has 1 amide bonds. The zero-order valence-corrected chi connectivity index (χ0v) is 11.6. The Balaban J connectivity index is 1.72.